The Morgan fingerprint density at radius 3 is 2.48 bits per heavy atom. The third-order valence-electron chi connectivity index (χ3n) is 4.70. The third kappa shape index (κ3) is 3.04. The Bertz CT molecular complexity index is 763. The number of fused-ring (bicyclic) bond motifs is 1. The van der Waals surface area contributed by atoms with E-state index in [1.54, 1.807) is 18.9 Å². The fraction of sp³-hybridized carbons (Fsp3) is 0.300. The van der Waals surface area contributed by atoms with E-state index in [0.29, 0.717) is 0 Å². The number of hydrogen-bond acceptors (Lipinski definition) is 2. The second-order valence-corrected chi connectivity index (χ2v) is 7.05. The Morgan fingerprint density at radius 2 is 1.78 bits per heavy atom. The van der Waals surface area contributed by atoms with Crippen LogP contribution < -0.4 is 0 Å². The summed E-state index contributed by atoms with van der Waals surface area (Å²) in [5.74, 6) is 0. The molecular weight excluding hydrogens is 302 g/mol. The molecule has 3 aromatic rings. The lowest BCUT2D eigenvalue weighted by Crippen LogP contribution is -2.28. The van der Waals surface area contributed by atoms with Crippen molar-refractivity contribution in [2.75, 3.05) is 13.4 Å². The van der Waals surface area contributed by atoms with Gasteiger partial charge in [0, 0.05) is 29.6 Å². The average molecular weight is 325 g/mol. The summed E-state index contributed by atoms with van der Waals surface area (Å²) in [5.41, 5.74) is 3.89. The molecule has 0 aliphatic carbocycles. The normalized spacial score (nSPS) is 15.4. The van der Waals surface area contributed by atoms with Crippen LogP contribution >= 0.6 is 11.8 Å². The second kappa shape index (κ2) is 6.81. The topological polar surface area (TPSA) is 25.0 Å². The van der Waals surface area contributed by atoms with Gasteiger partial charge in [-0.25, -0.2) is 0 Å². The van der Waals surface area contributed by atoms with Crippen LogP contribution in [0.25, 0.3) is 10.9 Å². The van der Waals surface area contributed by atoms with Gasteiger partial charge in [0.15, 0.2) is 0 Å². The summed E-state index contributed by atoms with van der Waals surface area (Å²) >= 11 is 1.76. The maximum absolute atomic E-state index is 5.68. The number of aromatic amines is 1. The predicted octanol–water partition coefficient (Wildman–Crippen LogP) is 5.20. The van der Waals surface area contributed by atoms with Gasteiger partial charge in [-0.3, -0.25) is 0 Å². The maximum atomic E-state index is 5.68. The number of thioether (sulfide) groups is 1. The molecule has 0 aliphatic heterocycles. The molecular formula is C20H23NOS. The van der Waals surface area contributed by atoms with Crippen molar-refractivity contribution in [1.29, 1.82) is 0 Å². The van der Waals surface area contributed by atoms with Gasteiger partial charge in [0.25, 0.3) is 0 Å². The molecule has 0 saturated carbocycles. The first-order chi connectivity index (χ1) is 11.2. The van der Waals surface area contributed by atoms with Gasteiger partial charge in [0.05, 0.1) is 0 Å². The van der Waals surface area contributed by atoms with Crippen molar-refractivity contribution in [2.45, 2.75) is 24.2 Å². The molecule has 1 aromatic heterocycles. The van der Waals surface area contributed by atoms with Crippen LogP contribution in [0.4, 0.5) is 0 Å². The summed E-state index contributed by atoms with van der Waals surface area (Å²) in [7, 11) is 1.79. The molecule has 3 heteroatoms. The molecule has 0 bridgehead atoms. The standard InChI is InChI=1S/C20H23NOS/c1-20(13-19(22-2)23-3,15-9-5-4-6-10-15)17-14-21-18-12-8-7-11-16(17)18/h4-12,14,19,21H,13H2,1-3H3. The molecule has 2 atom stereocenters. The van der Waals surface area contributed by atoms with E-state index in [9.17, 15) is 0 Å². The van der Waals surface area contributed by atoms with Crippen LogP contribution in [0.2, 0.25) is 0 Å². The molecule has 0 saturated heterocycles. The zero-order chi connectivity index (χ0) is 16.3. The average Bonchev–Trinajstić information content (AvgIpc) is 3.05. The van der Waals surface area contributed by atoms with E-state index in [2.05, 4.69) is 79.0 Å². The van der Waals surface area contributed by atoms with Crippen molar-refractivity contribution in [3.05, 3.63) is 71.9 Å². The maximum Gasteiger partial charge on any atom is 0.103 e. The van der Waals surface area contributed by atoms with E-state index in [4.69, 9.17) is 4.74 Å². The first-order valence-electron chi connectivity index (χ1n) is 7.87. The van der Waals surface area contributed by atoms with Crippen LogP contribution in [0.5, 0.6) is 0 Å². The quantitative estimate of drug-likeness (QED) is 0.630. The minimum Gasteiger partial charge on any atom is -0.371 e. The number of rotatable bonds is 6. The molecule has 0 amide bonds. The van der Waals surface area contributed by atoms with Crippen LogP contribution in [0.1, 0.15) is 24.5 Å². The van der Waals surface area contributed by atoms with Crippen molar-refractivity contribution in [1.82, 2.24) is 4.98 Å². The highest BCUT2D eigenvalue weighted by Crippen LogP contribution is 2.41. The van der Waals surface area contributed by atoms with E-state index in [1.807, 2.05) is 0 Å². The second-order valence-electron chi connectivity index (χ2n) is 6.05. The molecule has 0 aliphatic rings. The minimum absolute atomic E-state index is 0.107. The summed E-state index contributed by atoms with van der Waals surface area (Å²) in [6, 6.07) is 19.2. The number of para-hydroxylation sites is 1. The number of aromatic nitrogens is 1. The van der Waals surface area contributed by atoms with E-state index in [1.165, 1.54) is 22.0 Å². The molecule has 23 heavy (non-hydrogen) atoms. The molecule has 0 spiro atoms. The molecule has 1 N–H and O–H groups in total. The van der Waals surface area contributed by atoms with Crippen molar-refractivity contribution in [2.24, 2.45) is 0 Å². The van der Waals surface area contributed by atoms with Crippen LogP contribution in [0, 0.1) is 0 Å². The van der Waals surface area contributed by atoms with Crippen LogP contribution in [0.15, 0.2) is 60.8 Å². The SMILES string of the molecule is COC(CC(C)(c1ccccc1)c1c[nH]c2ccccc12)SC. The van der Waals surface area contributed by atoms with Gasteiger partial charge in [-0.15, -0.1) is 11.8 Å². The van der Waals surface area contributed by atoms with Crippen molar-refractivity contribution in [3.63, 3.8) is 0 Å². The molecule has 2 nitrogen and oxygen atoms in total. The van der Waals surface area contributed by atoms with Crippen LogP contribution in [-0.4, -0.2) is 23.8 Å². The molecule has 0 fully saturated rings. The molecule has 3 rings (SSSR count). The molecule has 120 valence electrons. The van der Waals surface area contributed by atoms with Gasteiger partial charge >= 0.3 is 0 Å². The lowest BCUT2D eigenvalue weighted by molar-refractivity contribution is 0.150. The number of H-pyrrole nitrogens is 1. The van der Waals surface area contributed by atoms with Crippen LogP contribution in [-0.2, 0) is 10.2 Å². The van der Waals surface area contributed by atoms with Gasteiger partial charge in [0.2, 0.25) is 0 Å². The lowest BCUT2D eigenvalue weighted by atomic mass is 9.74. The van der Waals surface area contributed by atoms with Gasteiger partial charge < -0.3 is 9.72 Å². The molecule has 2 aromatic carbocycles. The number of nitrogens with one attached hydrogen (secondary N) is 1. The molecule has 0 radical (unpaired) electrons. The summed E-state index contributed by atoms with van der Waals surface area (Å²) < 4.78 is 5.68. The van der Waals surface area contributed by atoms with Crippen molar-refractivity contribution < 1.29 is 4.74 Å². The van der Waals surface area contributed by atoms with E-state index in [-0.39, 0.29) is 10.9 Å². The zero-order valence-electron chi connectivity index (χ0n) is 13.9. The first-order valence-corrected chi connectivity index (χ1v) is 9.15. The summed E-state index contributed by atoms with van der Waals surface area (Å²) in [6.07, 6.45) is 5.19. The number of ether oxygens (including phenoxy) is 1. The smallest absolute Gasteiger partial charge is 0.103 e. The van der Waals surface area contributed by atoms with Gasteiger partial charge in [0.1, 0.15) is 5.44 Å². The summed E-state index contributed by atoms with van der Waals surface area (Å²) in [6.45, 7) is 2.32. The van der Waals surface area contributed by atoms with Crippen molar-refractivity contribution in [3.8, 4) is 0 Å². The Kier molecular flexibility index (Phi) is 4.79. The Balaban J connectivity index is 2.15. The summed E-state index contributed by atoms with van der Waals surface area (Å²) in [5, 5.41) is 1.29. The fourth-order valence-corrected chi connectivity index (χ4v) is 4.01. The Labute approximate surface area is 142 Å². The highest BCUT2D eigenvalue weighted by molar-refractivity contribution is 7.99. The number of methoxy groups -OCH3 is 1. The zero-order valence-corrected chi connectivity index (χ0v) is 14.7. The largest absolute Gasteiger partial charge is 0.371 e. The van der Waals surface area contributed by atoms with Gasteiger partial charge in [-0.1, -0.05) is 55.5 Å². The molecule has 1 heterocycles. The highest BCUT2D eigenvalue weighted by atomic mass is 32.2. The Morgan fingerprint density at radius 1 is 1.09 bits per heavy atom. The monoisotopic (exact) mass is 325 g/mol. The molecule has 2 unspecified atom stereocenters. The number of hydrogen-bond donors (Lipinski definition) is 1. The number of benzene rings is 2. The van der Waals surface area contributed by atoms with Crippen LogP contribution in [0.3, 0.4) is 0 Å². The van der Waals surface area contributed by atoms with Gasteiger partial charge in [-0.2, -0.15) is 0 Å². The van der Waals surface area contributed by atoms with E-state index >= 15 is 0 Å². The first kappa shape index (κ1) is 16.2. The van der Waals surface area contributed by atoms with Crippen molar-refractivity contribution >= 4 is 22.7 Å². The third-order valence-corrected chi connectivity index (χ3v) is 5.58. The highest BCUT2D eigenvalue weighted by Gasteiger charge is 2.34. The fourth-order valence-electron chi connectivity index (χ4n) is 3.31. The van der Waals surface area contributed by atoms with E-state index < -0.39 is 0 Å². The lowest BCUT2D eigenvalue weighted by Gasteiger charge is -2.33. The Hall–Kier alpha value is -1.71. The van der Waals surface area contributed by atoms with Gasteiger partial charge in [-0.05, 0) is 29.9 Å². The predicted molar refractivity (Wildman–Crippen MR) is 100 cm³/mol. The van der Waals surface area contributed by atoms with E-state index in [0.717, 1.165) is 6.42 Å². The minimum atomic E-state index is -0.107. The summed E-state index contributed by atoms with van der Waals surface area (Å²) in [4.78, 5) is 3.43.